The molecule has 0 aliphatic heterocycles. The van der Waals surface area contributed by atoms with Gasteiger partial charge in [0.2, 0.25) is 5.91 Å². The van der Waals surface area contributed by atoms with Gasteiger partial charge in [-0.25, -0.2) is 0 Å². The van der Waals surface area contributed by atoms with Crippen LogP contribution in [-0.4, -0.2) is 36.0 Å². The maximum absolute atomic E-state index is 12.2. The molecule has 2 amide bonds. The van der Waals surface area contributed by atoms with Crippen LogP contribution in [0.15, 0.2) is 24.3 Å². The molecule has 112 valence electrons. The number of anilines is 1. The molecule has 0 heterocycles. The number of carbonyl (C=O) groups excluding carboxylic acids is 2. The number of aliphatic carboxylic acids is 1. The Labute approximate surface area is 122 Å². The number of nitrogens with zero attached hydrogens (tertiary/aromatic N) is 1. The summed E-state index contributed by atoms with van der Waals surface area (Å²) in [5.74, 6) is -1.58. The molecule has 2 N–H and O–H groups in total. The molecule has 1 atom stereocenters. The van der Waals surface area contributed by atoms with Crippen LogP contribution in [0.1, 0.15) is 30.1 Å². The number of carboxylic acids is 1. The Morgan fingerprint density at radius 3 is 2.48 bits per heavy atom. The van der Waals surface area contributed by atoms with Crippen LogP contribution >= 0.6 is 0 Å². The molecule has 0 aromatic heterocycles. The van der Waals surface area contributed by atoms with E-state index in [2.05, 4.69) is 5.32 Å². The average molecular weight is 290 g/mol. The van der Waals surface area contributed by atoms with Gasteiger partial charge >= 0.3 is 5.97 Å². The van der Waals surface area contributed by atoms with Crippen LogP contribution in [0.25, 0.3) is 0 Å². The molecule has 1 saturated carbocycles. The summed E-state index contributed by atoms with van der Waals surface area (Å²) in [4.78, 5) is 36.6. The average Bonchev–Trinajstić information content (AvgIpc) is 3.30. The Kier molecular flexibility index (Phi) is 4.26. The second-order valence-electron chi connectivity index (χ2n) is 5.22. The maximum Gasteiger partial charge on any atom is 0.325 e. The number of hydrogen-bond donors (Lipinski definition) is 2. The zero-order chi connectivity index (χ0) is 15.6. The fourth-order valence-electron chi connectivity index (χ4n) is 2.02. The van der Waals surface area contributed by atoms with E-state index in [4.69, 9.17) is 5.11 Å². The van der Waals surface area contributed by atoms with Crippen molar-refractivity contribution in [1.29, 1.82) is 0 Å². The lowest BCUT2D eigenvalue weighted by molar-refractivity contribution is -0.138. The molecule has 1 aromatic carbocycles. The number of nitrogens with one attached hydrogen (secondary N) is 1. The summed E-state index contributed by atoms with van der Waals surface area (Å²) >= 11 is 0. The smallest absolute Gasteiger partial charge is 0.325 e. The minimum absolute atomic E-state index is 0.0125. The van der Waals surface area contributed by atoms with Crippen molar-refractivity contribution < 1.29 is 19.5 Å². The van der Waals surface area contributed by atoms with Gasteiger partial charge in [0, 0.05) is 13.0 Å². The number of carbonyl (C=O) groups is 3. The van der Waals surface area contributed by atoms with Crippen molar-refractivity contribution in [3.63, 3.8) is 0 Å². The Morgan fingerprint density at radius 1 is 1.29 bits per heavy atom. The molecular formula is C15H18N2O4. The first kappa shape index (κ1) is 15.0. The topological polar surface area (TPSA) is 86.7 Å². The summed E-state index contributed by atoms with van der Waals surface area (Å²) in [7, 11) is 1.63. The summed E-state index contributed by atoms with van der Waals surface area (Å²) in [6.45, 7) is 1.39. The standard InChI is InChI=1S/C15H18N2O4/c1-9(15(20)21)16-13(18)11-5-3-4-6-12(11)17(2)14(19)10-7-8-10/h3-6,9-10H,7-8H2,1-2H3,(H,16,18)(H,20,21). The Bertz CT molecular complexity index is 581. The fourth-order valence-corrected chi connectivity index (χ4v) is 2.02. The Balaban J connectivity index is 2.21. The molecule has 0 bridgehead atoms. The lowest BCUT2D eigenvalue weighted by Crippen LogP contribution is -2.39. The number of rotatable bonds is 5. The first-order valence-electron chi connectivity index (χ1n) is 6.82. The van der Waals surface area contributed by atoms with Gasteiger partial charge < -0.3 is 15.3 Å². The van der Waals surface area contributed by atoms with E-state index < -0.39 is 17.9 Å². The zero-order valence-corrected chi connectivity index (χ0v) is 12.0. The highest BCUT2D eigenvalue weighted by atomic mass is 16.4. The monoisotopic (exact) mass is 290 g/mol. The predicted molar refractivity (Wildman–Crippen MR) is 77.1 cm³/mol. The maximum atomic E-state index is 12.2. The molecule has 0 saturated heterocycles. The molecule has 0 radical (unpaired) electrons. The van der Waals surface area contributed by atoms with E-state index in [0.29, 0.717) is 11.3 Å². The van der Waals surface area contributed by atoms with Gasteiger partial charge in [0.15, 0.2) is 0 Å². The van der Waals surface area contributed by atoms with E-state index >= 15 is 0 Å². The quantitative estimate of drug-likeness (QED) is 0.854. The third-order valence-corrected chi connectivity index (χ3v) is 3.49. The number of hydrogen-bond acceptors (Lipinski definition) is 3. The van der Waals surface area contributed by atoms with Crippen molar-refractivity contribution in [3.05, 3.63) is 29.8 Å². The molecular weight excluding hydrogens is 272 g/mol. The van der Waals surface area contributed by atoms with E-state index in [1.54, 1.807) is 31.3 Å². The molecule has 6 nitrogen and oxygen atoms in total. The summed E-state index contributed by atoms with van der Waals surface area (Å²) in [6, 6.07) is 5.69. The van der Waals surface area contributed by atoms with Crippen molar-refractivity contribution in [2.45, 2.75) is 25.8 Å². The molecule has 1 aromatic rings. The van der Waals surface area contributed by atoms with Gasteiger partial charge in [0.25, 0.3) is 5.91 Å². The first-order chi connectivity index (χ1) is 9.91. The van der Waals surface area contributed by atoms with Crippen molar-refractivity contribution >= 4 is 23.5 Å². The highest BCUT2D eigenvalue weighted by Gasteiger charge is 2.33. The number of amides is 2. The van der Waals surface area contributed by atoms with Crippen molar-refractivity contribution in [2.24, 2.45) is 5.92 Å². The van der Waals surface area contributed by atoms with Gasteiger partial charge in [0.05, 0.1) is 11.3 Å². The number of carboxylic acid groups (broad SMARTS) is 1. The third-order valence-electron chi connectivity index (χ3n) is 3.49. The molecule has 6 heteroatoms. The zero-order valence-electron chi connectivity index (χ0n) is 12.0. The Hall–Kier alpha value is -2.37. The molecule has 1 unspecified atom stereocenters. The van der Waals surface area contributed by atoms with Crippen LogP contribution in [0, 0.1) is 5.92 Å². The second kappa shape index (κ2) is 5.95. The summed E-state index contributed by atoms with van der Waals surface area (Å²) in [5.41, 5.74) is 0.784. The summed E-state index contributed by atoms with van der Waals surface area (Å²) < 4.78 is 0. The highest BCUT2D eigenvalue weighted by molar-refractivity contribution is 6.06. The van der Waals surface area contributed by atoms with Gasteiger partial charge in [-0.15, -0.1) is 0 Å². The molecule has 2 rings (SSSR count). The first-order valence-corrected chi connectivity index (χ1v) is 6.82. The van der Waals surface area contributed by atoms with Gasteiger partial charge in [-0.2, -0.15) is 0 Å². The van der Waals surface area contributed by atoms with E-state index in [-0.39, 0.29) is 11.8 Å². The van der Waals surface area contributed by atoms with Crippen molar-refractivity contribution in [3.8, 4) is 0 Å². The highest BCUT2D eigenvalue weighted by Crippen LogP contribution is 2.33. The van der Waals surface area contributed by atoms with E-state index in [1.807, 2.05) is 0 Å². The lowest BCUT2D eigenvalue weighted by atomic mass is 10.1. The molecule has 0 spiro atoms. The third kappa shape index (κ3) is 3.39. The number of para-hydroxylation sites is 1. The second-order valence-corrected chi connectivity index (χ2v) is 5.22. The van der Waals surface area contributed by atoms with Crippen LogP contribution in [0.4, 0.5) is 5.69 Å². The molecule has 21 heavy (non-hydrogen) atoms. The van der Waals surface area contributed by atoms with E-state index in [9.17, 15) is 14.4 Å². The Morgan fingerprint density at radius 2 is 1.90 bits per heavy atom. The van der Waals surface area contributed by atoms with Crippen LogP contribution < -0.4 is 10.2 Å². The van der Waals surface area contributed by atoms with E-state index in [0.717, 1.165) is 12.8 Å². The predicted octanol–water partition coefficient (Wildman–Crippen LogP) is 1.26. The van der Waals surface area contributed by atoms with Crippen molar-refractivity contribution in [2.75, 3.05) is 11.9 Å². The molecule has 1 aliphatic carbocycles. The molecule has 1 aliphatic rings. The normalized spacial score (nSPS) is 15.1. The minimum atomic E-state index is -1.11. The van der Waals surface area contributed by atoms with Crippen LogP contribution in [0.5, 0.6) is 0 Å². The van der Waals surface area contributed by atoms with E-state index in [1.165, 1.54) is 11.8 Å². The van der Waals surface area contributed by atoms with Crippen LogP contribution in [0.3, 0.4) is 0 Å². The van der Waals surface area contributed by atoms with Gasteiger partial charge in [-0.05, 0) is 31.9 Å². The SMILES string of the molecule is CC(NC(=O)c1ccccc1N(C)C(=O)C1CC1)C(=O)O. The largest absolute Gasteiger partial charge is 0.480 e. The fraction of sp³-hybridized carbons (Fsp3) is 0.400. The summed E-state index contributed by atoms with van der Waals surface area (Å²) in [6.07, 6.45) is 1.77. The molecule has 1 fully saturated rings. The van der Waals surface area contributed by atoms with Crippen molar-refractivity contribution in [1.82, 2.24) is 5.32 Å². The van der Waals surface area contributed by atoms with Gasteiger partial charge in [0.1, 0.15) is 6.04 Å². The van der Waals surface area contributed by atoms with Crippen LogP contribution in [-0.2, 0) is 9.59 Å². The van der Waals surface area contributed by atoms with Gasteiger partial charge in [-0.1, -0.05) is 12.1 Å². The minimum Gasteiger partial charge on any atom is -0.480 e. The van der Waals surface area contributed by atoms with Gasteiger partial charge in [-0.3, -0.25) is 14.4 Å². The number of benzene rings is 1. The van der Waals surface area contributed by atoms with Crippen LogP contribution in [0.2, 0.25) is 0 Å². The summed E-state index contributed by atoms with van der Waals surface area (Å²) in [5, 5.41) is 11.2. The lowest BCUT2D eigenvalue weighted by Gasteiger charge is -2.21.